The second-order valence-corrected chi connectivity index (χ2v) is 5.83. The van der Waals surface area contributed by atoms with Crippen LogP contribution in [0.5, 0.6) is 0 Å². The van der Waals surface area contributed by atoms with Gasteiger partial charge in [-0.2, -0.15) is 0 Å². The number of halogens is 2. The van der Waals surface area contributed by atoms with Crippen LogP contribution in [0.2, 0.25) is 0 Å². The van der Waals surface area contributed by atoms with E-state index in [0.29, 0.717) is 6.04 Å². The van der Waals surface area contributed by atoms with Gasteiger partial charge in [-0.3, -0.25) is 4.90 Å². The fourth-order valence-electron chi connectivity index (χ4n) is 4.07. The average molecular weight is 248 g/mol. The van der Waals surface area contributed by atoms with Gasteiger partial charge in [0.25, 0.3) is 0 Å². The number of hydrogen-bond donors (Lipinski definition) is 0. The Labute approximate surface area is 103 Å². The topological polar surface area (TPSA) is 3.24 Å². The molecular formula is C12H19Cl2N. The van der Waals surface area contributed by atoms with Gasteiger partial charge in [-0.15, -0.1) is 30.6 Å². The molecule has 3 heterocycles. The van der Waals surface area contributed by atoms with E-state index in [1.54, 1.807) is 0 Å². The Bertz CT molecular complexity index is 226. The molecular weight excluding hydrogens is 229 g/mol. The van der Waals surface area contributed by atoms with Crippen LogP contribution in [0, 0.1) is 17.8 Å². The molecule has 0 N–H and O–H groups in total. The number of nitrogens with zero attached hydrogens (tertiary/aromatic N) is 1. The molecule has 4 fully saturated rings. The number of hydrogen-bond acceptors (Lipinski definition) is 1. The maximum atomic E-state index is 6.35. The molecule has 1 aliphatic carbocycles. The summed E-state index contributed by atoms with van der Waals surface area (Å²) < 4.78 is 0. The van der Waals surface area contributed by atoms with Gasteiger partial charge in [-0.25, -0.2) is 0 Å². The third-order valence-electron chi connectivity index (χ3n) is 4.38. The van der Waals surface area contributed by atoms with Crippen LogP contribution in [0.25, 0.3) is 0 Å². The number of alkyl halides is 1. The molecule has 15 heavy (non-hydrogen) atoms. The van der Waals surface area contributed by atoms with Gasteiger partial charge < -0.3 is 0 Å². The van der Waals surface area contributed by atoms with Crippen molar-refractivity contribution in [2.24, 2.45) is 17.8 Å². The molecule has 4 bridgehead atoms. The van der Waals surface area contributed by atoms with Crippen molar-refractivity contribution < 1.29 is 0 Å². The van der Waals surface area contributed by atoms with Gasteiger partial charge in [0, 0.05) is 19.1 Å². The Morgan fingerprint density at radius 1 is 1.20 bits per heavy atom. The standard InChI is InChI=1S/C12H18ClN.ClH/c1-2-11(13)12-10-4-8-3-9(5-10)7-14(12)6-8;/h2,8-12H,1,3-7H2;1H. The monoisotopic (exact) mass is 247 g/mol. The maximum absolute atomic E-state index is 6.35. The molecule has 0 spiro atoms. The highest BCUT2D eigenvalue weighted by Gasteiger charge is 2.48. The fraction of sp³-hybridized carbons (Fsp3) is 0.833. The summed E-state index contributed by atoms with van der Waals surface area (Å²) in [5.74, 6) is 2.83. The molecule has 4 atom stereocenters. The van der Waals surface area contributed by atoms with Crippen molar-refractivity contribution in [2.45, 2.75) is 30.7 Å². The minimum absolute atomic E-state index is 0. The zero-order valence-electron chi connectivity index (χ0n) is 8.94. The highest BCUT2D eigenvalue weighted by atomic mass is 35.5. The van der Waals surface area contributed by atoms with Crippen LogP contribution >= 0.6 is 24.0 Å². The van der Waals surface area contributed by atoms with Crippen molar-refractivity contribution in [1.82, 2.24) is 4.90 Å². The van der Waals surface area contributed by atoms with E-state index in [0.717, 1.165) is 17.8 Å². The molecule has 0 aromatic rings. The van der Waals surface area contributed by atoms with Gasteiger partial charge in [0.05, 0.1) is 5.38 Å². The third kappa shape index (κ3) is 1.83. The number of rotatable bonds is 2. The first-order valence-electron chi connectivity index (χ1n) is 5.78. The van der Waals surface area contributed by atoms with Crippen molar-refractivity contribution in [3.8, 4) is 0 Å². The van der Waals surface area contributed by atoms with Crippen LogP contribution in [-0.4, -0.2) is 29.4 Å². The highest BCUT2D eigenvalue weighted by Crippen LogP contribution is 2.48. The molecule has 1 saturated carbocycles. The molecule has 3 saturated heterocycles. The normalized spacial score (nSPS) is 48.5. The fourth-order valence-corrected chi connectivity index (χ4v) is 4.44. The first-order valence-corrected chi connectivity index (χ1v) is 6.22. The smallest absolute Gasteiger partial charge is 0.0671 e. The summed E-state index contributed by atoms with van der Waals surface area (Å²) in [6.07, 6.45) is 6.26. The summed E-state index contributed by atoms with van der Waals surface area (Å²) in [5, 5.41) is 0.167. The molecule has 0 aromatic carbocycles. The zero-order valence-corrected chi connectivity index (χ0v) is 10.5. The van der Waals surface area contributed by atoms with Crippen LogP contribution in [0.3, 0.4) is 0 Å². The van der Waals surface area contributed by atoms with Crippen LogP contribution in [0.4, 0.5) is 0 Å². The molecule has 3 aliphatic heterocycles. The maximum Gasteiger partial charge on any atom is 0.0671 e. The molecule has 0 amide bonds. The van der Waals surface area contributed by atoms with Crippen molar-refractivity contribution in [2.75, 3.05) is 13.1 Å². The molecule has 4 aliphatic rings. The van der Waals surface area contributed by atoms with Crippen LogP contribution < -0.4 is 0 Å². The van der Waals surface area contributed by atoms with Gasteiger partial charge in [-0.1, -0.05) is 6.08 Å². The van der Waals surface area contributed by atoms with Gasteiger partial charge >= 0.3 is 0 Å². The van der Waals surface area contributed by atoms with E-state index in [4.69, 9.17) is 11.6 Å². The average Bonchev–Trinajstić information content (AvgIpc) is 2.15. The molecule has 3 heteroatoms. The second kappa shape index (κ2) is 4.27. The quantitative estimate of drug-likeness (QED) is 0.536. The Balaban J connectivity index is 0.000000853. The lowest BCUT2D eigenvalue weighted by molar-refractivity contribution is -0.0617. The Morgan fingerprint density at radius 3 is 2.27 bits per heavy atom. The summed E-state index contributed by atoms with van der Waals surface area (Å²) in [5.41, 5.74) is 0. The van der Waals surface area contributed by atoms with Gasteiger partial charge in [0.15, 0.2) is 0 Å². The molecule has 86 valence electrons. The van der Waals surface area contributed by atoms with Crippen molar-refractivity contribution >= 4 is 24.0 Å². The minimum Gasteiger partial charge on any atom is -0.298 e. The van der Waals surface area contributed by atoms with E-state index in [1.807, 2.05) is 6.08 Å². The van der Waals surface area contributed by atoms with Crippen molar-refractivity contribution in [3.63, 3.8) is 0 Å². The summed E-state index contributed by atoms with van der Waals surface area (Å²) in [7, 11) is 0. The second-order valence-electron chi connectivity index (χ2n) is 5.32. The van der Waals surface area contributed by atoms with Gasteiger partial charge in [-0.05, 0) is 37.0 Å². The predicted octanol–water partition coefficient (Wildman–Crippen LogP) is 2.93. The molecule has 0 aromatic heterocycles. The summed E-state index contributed by atoms with van der Waals surface area (Å²) in [6.45, 7) is 6.44. The molecule has 4 rings (SSSR count). The first-order chi connectivity index (χ1) is 6.78. The van der Waals surface area contributed by atoms with Gasteiger partial charge in [0.2, 0.25) is 0 Å². The summed E-state index contributed by atoms with van der Waals surface area (Å²) in [4.78, 5) is 2.63. The van der Waals surface area contributed by atoms with Crippen LogP contribution in [0.15, 0.2) is 12.7 Å². The summed E-state index contributed by atoms with van der Waals surface area (Å²) in [6, 6.07) is 0.599. The molecule has 0 radical (unpaired) electrons. The zero-order chi connectivity index (χ0) is 9.71. The molecule has 4 unspecified atom stereocenters. The largest absolute Gasteiger partial charge is 0.298 e. The van der Waals surface area contributed by atoms with E-state index in [1.165, 1.54) is 32.4 Å². The Morgan fingerprint density at radius 2 is 1.80 bits per heavy atom. The lowest BCUT2D eigenvalue weighted by Gasteiger charge is -2.57. The molecule has 1 nitrogen and oxygen atoms in total. The summed E-state index contributed by atoms with van der Waals surface area (Å²) >= 11 is 6.35. The SMILES string of the molecule is C=CC(Cl)C1C2CC3CC(C2)CN1C3.Cl. The lowest BCUT2D eigenvalue weighted by atomic mass is 9.64. The van der Waals surface area contributed by atoms with E-state index in [9.17, 15) is 0 Å². The van der Waals surface area contributed by atoms with Crippen molar-refractivity contribution in [1.29, 1.82) is 0 Å². The van der Waals surface area contributed by atoms with E-state index >= 15 is 0 Å². The Kier molecular flexibility index (Phi) is 3.35. The van der Waals surface area contributed by atoms with E-state index < -0.39 is 0 Å². The third-order valence-corrected chi connectivity index (χ3v) is 4.82. The van der Waals surface area contributed by atoms with Crippen LogP contribution in [0.1, 0.15) is 19.3 Å². The van der Waals surface area contributed by atoms with Gasteiger partial charge in [0.1, 0.15) is 0 Å². The Hall–Kier alpha value is 0.280. The van der Waals surface area contributed by atoms with Crippen LogP contribution in [-0.2, 0) is 0 Å². The number of piperidine rings is 3. The minimum atomic E-state index is 0. The van der Waals surface area contributed by atoms with Crippen molar-refractivity contribution in [3.05, 3.63) is 12.7 Å². The van der Waals surface area contributed by atoms with E-state index in [2.05, 4.69) is 11.5 Å². The van der Waals surface area contributed by atoms with E-state index in [-0.39, 0.29) is 17.8 Å². The first kappa shape index (κ1) is 11.8. The lowest BCUT2D eigenvalue weighted by Crippen LogP contribution is -2.61. The predicted molar refractivity (Wildman–Crippen MR) is 66.8 cm³/mol. The highest BCUT2D eigenvalue weighted by molar-refractivity contribution is 6.22.